The number of ether oxygens (including phenoxy) is 1. The summed E-state index contributed by atoms with van der Waals surface area (Å²) in [6.45, 7) is 2.80. The highest BCUT2D eigenvalue weighted by Gasteiger charge is 2.45. The maximum atomic E-state index is 12.1. The van der Waals surface area contributed by atoms with Crippen molar-refractivity contribution in [2.45, 2.75) is 44.7 Å². The summed E-state index contributed by atoms with van der Waals surface area (Å²) in [5.74, 6) is -0.296. The molecule has 2 aliphatic rings. The normalized spacial score (nSPS) is 32.1. The number of nitrogens with two attached hydrogens (primary N) is 1. The molecule has 3 unspecified atom stereocenters. The second-order valence-electron chi connectivity index (χ2n) is 4.80. The van der Waals surface area contributed by atoms with Crippen LogP contribution in [0.1, 0.15) is 32.6 Å². The van der Waals surface area contributed by atoms with Gasteiger partial charge in [0.15, 0.2) is 0 Å². The van der Waals surface area contributed by atoms with Crippen molar-refractivity contribution in [3.05, 3.63) is 0 Å². The molecular weight excluding hydrogens is 220 g/mol. The lowest BCUT2D eigenvalue weighted by molar-refractivity contribution is -0.157. The molecule has 0 aromatic carbocycles. The number of carbonyl (C=O) groups is 2. The molecule has 0 radical (unpaired) electrons. The van der Waals surface area contributed by atoms with Gasteiger partial charge in [0.2, 0.25) is 5.91 Å². The van der Waals surface area contributed by atoms with Crippen molar-refractivity contribution in [1.82, 2.24) is 4.90 Å². The van der Waals surface area contributed by atoms with Crippen molar-refractivity contribution in [3.8, 4) is 0 Å². The van der Waals surface area contributed by atoms with Crippen molar-refractivity contribution in [2.75, 3.05) is 13.2 Å². The number of hydrogen-bond acceptors (Lipinski definition) is 4. The van der Waals surface area contributed by atoms with Gasteiger partial charge in [-0.05, 0) is 32.6 Å². The molecule has 17 heavy (non-hydrogen) atoms. The molecule has 0 bridgehead atoms. The van der Waals surface area contributed by atoms with Crippen LogP contribution in [0.25, 0.3) is 0 Å². The van der Waals surface area contributed by atoms with E-state index in [2.05, 4.69) is 0 Å². The quantitative estimate of drug-likeness (QED) is 0.719. The lowest BCUT2D eigenvalue weighted by Gasteiger charge is -2.34. The Morgan fingerprint density at radius 3 is 2.71 bits per heavy atom. The largest absolute Gasteiger partial charge is 0.464 e. The number of rotatable bonds is 3. The first kappa shape index (κ1) is 12.4. The van der Waals surface area contributed by atoms with Crippen molar-refractivity contribution >= 4 is 11.9 Å². The van der Waals surface area contributed by atoms with Gasteiger partial charge in [-0.2, -0.15) is 0 Å². The maximum Gasteiger partial charge on any atom is 0.328 e. The van der Waals surface area contributed by atoms with Crippen LogP contribution < -0.4 is 5.73 Å². The first-order valence-electron chi connectivity index (χ1n) is 6.37. The van der Waals surface area contributed by atoms with E-state index in [1.54, 1.807) is 11.8 Å². The number of carbonyl (C=O) groups excluding carboxylic acids is 2. The number of piperidine rings is 1. The fourth-order valence-electron chi connectivity index (χ4n) is 2.39. The van der Waals surface area contributed by atoms with Crippen LogP contribution in [0, 0.1) is 5.92 Å². The Morgan fingerprint density at radius 1 is 1.41 bits per heavy atom. The SMILES string of the molecule is CCOC(=O)C1CCCCN1C(=O)C1CC1N. The summed E-state index contributed by atoms with van der Waals surface area (Å²) < 4.78 is 5.02. The molecule has 1 amide bonds. The second-order valence-corrected chi connectivity index (χ2v) is 4.80. The zero-order valence-corrected chi connectivity index (χ0v) is 10.2. The van der Waals surface area contributed by atoms with Gasteiger partial charge in [0, 0.05) is 12.6 Å². The highest BCUT2D eigenvalue weighted by Crippen LogP contribution is 2.32. The van der Waals surface area contributed by atoms with Gasteiger partial charge in [-0.25, -0.2) is 4.79 Å². The lowest BCUT2D eigenvalue weighted by Crippen LogP contribution is -2.49. The predicted molar refractivity (Wildman–Crippen MR) is 62.1 cm³/mol. The van der Waals surface area contributed by atoms with Crippen LogP contribution in [0.15, 0.2) is 0 Å². The molecule has 2 rings (SSSR count). The zero-order valence-electron chi connectivity index (χ0n) is 10.2. The lowest BCUT2D eigenvalue weighted by atomic mass is 10.0. The van der Waals surface area contributed by atoms with Gasteiger partial charge in [-0.3, -0.25) is 4.79 Å². The third kappa shape index (κ3) is 2.60. The topological polar surface area (TPSA) is 72.6 Å². The summed E-state index contributed by atoms with van der Waals surface area (Å²) >= 11 is 0. The Hall–Kier alpha value is -1.10. The molecule has 1 heterocycles. The van der Waals surface area contributed by atoms with Crippen LogP contribution in [-0.4, -0.2) is 42.0 Å². The minimum Gasteiger partial charge on any atom is -0.464 e. The summed E-state index contributed by atoms with van der Waals surface area (Å²) in [6.07, 6.45) is 3.41. The Morgan fingerprint density at radius 2 is 2.12 bits per heavy atom. The summed E-state index contributed by atoms with van der Waals surface area (Å²) in [7, 11) is 0. The highest BCUT2D eigenvalue weighted by atomic mass is 16.5. The average Bonchev–Trinajstić information content (AvgIpc) is 3.06. The molecular formula is C12H20N2O3. The van der Waals surface area contributed by atoms with E-state index in [1.165, 1.54) is 0 Å². The molecule has 3 atom stereocenters. The Labute approximate surface area is 101 Å². The maximum absolute atomic E-state index is 12.1. The number of amides is 1. The first-order chi connectivity index (χ1) is 8.15. The van der Waals surface area contributed by atoms with Gasteiger partial charge in [-0.1, -0.05) is 0 Å². The van der Waals surface area contributed by atoms with Gasteiger partial charge in [0.05, 0.1) is 12.5 Å². The summed E-state index contributed by atoms with van der Waals surface area (Å²) in [6, 6.07) is -0.392. The van der Waals surface area contributed by atoms with Crippen LogP contribution in [0.4, 0.5) is 0 Å². The van der Waals surface area contributed by atoms with Gasteiger partial charge in [0.25, 0.3) is 0 Å². The van der Waals surface area contributed by atoms with E-state index in [-0.39, 0.29) is 29.9 Å². The Kier molecular flexibility index (Phi) is 3.66. The molecule has 5 heteroatoms. The molecule has 1 aliphatic carbocycles. The molecule has 96 valence electrons. The Bertz CT molecular complexity index is 319. The van der Waals surface area contributed by atoms with E-state index in [0.29, 0.717) is 19.6 Å². The number of likely N-dealkylation sites (tertiary alicyclic amines) is 1. The van der Waals surface area contributed by atoms with E-state index in [0.717, 1.165) is 19.3 Å². The molecule has 2 N–H and O–H groups in total. The molecule has 1 saturated carbocycles. The van der Waals surface area contributed by atoms with E-state index in [1.807, 2.05) is 0 Å². The molecule has 2 fully saturated rings. The third-order valence-corrected chi connectivity index (χ3v) is 3.50. The summed E-state index contributed by atoms with van der Waals surface area (Å²) in [5, 5.41) is 0. The van der Waals surface area contributed by atoms with E-state index < -0.39 is 0 Å². The van der Waals surface area contributed by atoms with Crippen LogP contribution in [0.3, 0.4) is 0 Å². The minimum atomic E-state index is -0.385. The van der Waals surface area contributed by atoms with E-state index in [9.17, 15) is 9.59 Å². The van der Waals surface area contributed by atoms with Crippen molar-refractivity contribution in [2.24, 2.45) is 11.7 Å². The predicted octanol–water partition coefficient (Wildman–Crippen LogP) is 0.278. The number of nitrogens with zero attached hydrogens (tertiary/aromatic N) is 1. The Balaban J connectivity index is 2.01. The van der Waals surface area contributed by atoms with Crippen LogP contribution in [0.5, 0.6) is 0 Å². The molecule has 0 aromatic heterocycles. The van der Waals surface area contributed by atoms with E-state index >= 15 is 0 Å². The standard InChI is InChI=1S/C12H20N2O3/c1-2-17-12(16)10-5-3-4-6-14(10)11(15)8-7-9(8)13/h8-10H,2-7,13H2,1H3. The first-order valence-corrected chi connectivity index (χ1v) is 6.37. The fourth-order valence-corrected chi connectivity index (χ4v) is 2.39. The van der Waals surface area contributed by atoms with E-state index in [4.69, 9.17) is 10.5 Å². The van der Waals surface area contributed by atoms with Gasteiger partial charge in [-0.15, -0.1) is 0 Å². The van der Waals surface area contributed by atoms with Gasteiger partial charge in [0.1, 0.15) is 6.04 Å². The van der Waals surface area contributed by atoms with Crippen molar-refractivity contribution in [1.29, 1.82) is 0 Å². The van der Waals surface area contributed by atoms with Crippen LogP contribution in [-0.2, 0) is 14.3 Å². The number of hydrogen-bond donors (Lipinski definition) is 1. The molecule has 0 aromatic rings. The minimum absolute atomic E-state index is 0.00716. The van der Waals surface area contributed by atoms with Gasteiger partial charge < -0.3 is 15.4 Å². The van der Waals surface area contributed by atoms with Crippen LogP contribution >= 0.6 is 0 Å². The monoisotopic (exact) mass is 240 g/mol. The zero-order chi connectivity index (χ0) is 12.4. The van der Waals surface area contributed by atoms with Crippen molar-refractivity contribution in [3.63, 3.8) is 0 Å². The van der Waals surface area contributed by atoms with Crippen LogP contribution in [0.2, 0.25) is 0 Å². The molecule has 1 aliphatic heterocycles. The molecule has 5 nitrogen and oxygen atoms in total. The summed E-state index contributed by atoms with van der Waals surface area (Å²) in [5.41, 5.74) is 5.69. The molecule has 1 saturated heterocycles. The highest BCUT2D eigenvalue weighted by molar-refractivity contribution is 5.88. The summed E-state index contributed by atoms with van der Waals surface area (Å²) in [4.78, 5) is 25.6. The smallest absolute Gasteiger partial charge is 0.328 e. The van der Waals surface area contributed by atoms with Gasteiger partial charge >= 0.3 is 5.97 Å². The fraction of sp³-hybridized carbons (Fsp3) is 0.833. The second kappa shape index (κ2) is 5.04. The molecule has 0 spiro atoms. The third-order valence-electron chi connectivity index (χ3n) is 3.50. The number of esters is 1. The van der Waals surface area contributed by atoms with Crippen molar-refractivity contribution < 1.29 is 14.3 Å². The average molecular weight is 240 g/mol.